The molecule has 0 radical (unpaired) electrons. The van der Waals surface area contributed by atoms with Gasteiger partial charge < -0.3 is 22.1 Å². The van der Waals surface area contributed by atoms with Crippen molar-refractivity contribution in [2.75, 3.05) is 6.54 Å². The molecule has 1 aromatic heterocycles. The smallest absolute Gasteiger partial charge is 0.238 e. The molecule has 28 heavy (non-hydrogen) atoms. The molecule has 3 aromatic rings. The third-order valence-corrected chi connectivity index (χ3v) is 5.48. The number of benzene rings is 2. The molecule has 3 rings (SSSR count). The maximum absolute atomic E-state index is 11.2. The lowest BCUT2D eigenvalue weighted by molar-refractivity contribution is -0.00000845. The molecule has 0 aliphatic heterocycles. The number of hydrogen-bond acceptors (Lipinski definition) is 4. The molecule has 0 saturated carbocycles. The van der Waals surface area contributed by atoms with Gasteiger partial charge in [0.05, 0.1) is 16.5 Å². The second-order valence-corrected chi connectivity index (χ2v) is 8.41. The van der Waals surface area contributed by atoms with Crippen LogP contribution in [0.15, 0.2) is 63.9 Å². The van der Waals surface area contributed by atoms with Gasteiger partial charge in [0, 0.05) is 10.6 Å². The van der Waals surface area contributed by atoms with Crippen molar-refractivity contribution < 1.29 is 25.2 Å². The van der Waals surface area contributed by atoms with E-state index >= 15 is 0 Å². The van der Waals surface area contributed by atoms with Gasteiger partial charge in [-0.2, -0.15) is 0 Å². The summed E-state index contributed by atoms with van der Waals surface area (Å²) in [4.78, 5) is 0.114. The van der Waals surface area contributed by atoms with Crippen molar-refractivity contribution in [3.05, 3.63) is 76.0 Å². The molecular formula is C19H18Cl3N2O3S-. The average Bonchev–Trinajstić information content (AvgIpc) is 3.07. The number of primary sulfonamides is 1. The Balaban J connectivity index is 0.00000280. The molecule has 0 fully saturated rings. The van der Waals surface area contributed by atoms with Crippen LogP contribution in [-0.2, 0) is 23.0 Å². The van der Waals surface area contributed by atoms with E-state index in [0.29, 0.717) is 28.9 Å². The fourth-order valence-corrected chi connectivity index (χ4v) is 3.61. The van der Waals surface area contributed by atoms with Crippen LogP contribution in [0.3, 0.4) is 0 Å². The molecule has 0 saturated heterocycles. The Morgan fingerprint density at radius 1 is 1.00 bits per heavy atom. The normalized spacial score (nSPS) is 11.2. The van der Waals surface area contributed by atoms with E-state index in [-0.39, 0.29) is 17.3 Å². The molecule has 0 bridgehead atoms. The molecule has 0 unspecified atom stereocenters. The molecule has 0 spiro atoms. The average molecular weight is 461 g/mol. The van der Waals surface area contributed by atoms with Crippen LogP contribution in [0.2, 0.25) is 10.0 Å². The third kappa shape index (κ3) is 5.98. The lowest BCUT2D eigenvalue weighted by atomic mass is 10.1. The highest BCUT2D eigenvalue weighted by molar-refractivity contribution is 7.89. The van der Waals surface area contributed by atoms with Crippen molar-refractivity contribution in [1.29, 1.82) is 0 Å². The zero-order valence-electron chi connectivity index (χ0n) is 14.7. The Bertz CT molecular complexity index is 1030. The predicted molar refractivity (Wildman–Crippen MR) is 107 cm³/mol. The van der Waals surface area contributed by atoms with Gasteiger partial charge in [0.15, 0.2) is 0 Å². The van der Waals surface area contributed by atoms with Crippen molar-refractivity contribution in [2.24, 2.45) is 5.14 Å². The van der Waals surface area contributed by atoms with E-state index < -0.39 is 10.0 Å². The van der Waals surface area contributed by atoms with Crippen LogP contribution in [-0.4, -0.2) is 15.0 Å². The number of furan rings is 1. The second kappa shape index (κ2) is 9.78. The zero-order chi connectivity index (χ0) is 19.4. The molecule has 0 amide bonds. The maximum atomic E-state index is 11.2. The van der Waals surface area contributed by atoms with Crippen LogP contribution in [0.25, 0.3) is 11.3 Å². The fourth-order valence-electron chi connectivity index (χ4n) is 2.60. The molecule has 150 valence electrons. The second-order valence-electron chi connectivity index (χ2n) is 6.01. The Morgan fingerprint density at radius 2 is 1.71 bits per heavy atom. The molecule has 5 nitrogen and oxygen atoms in total. The summed E-state index contributed by atoms with van der Waals surface area (Å²) in [5, 5.41) is 9.50. The lowest BCUT2D eigenvalue weighted by Gasteiger charge is -2.05. The van der Waals surface area contributed by atoms with Gasteiger partial charge in [-0.1, -0.05) is 35.3 Å². The van der Waals surface area contributed by atoms with E-state index in [2.05, 4.69) is 5.32 Å². The first kappa shape index (κ1) is 22.7. The predicted octanol–water partition coefficient (Wildman–Crippen LogP) is 1.24. The van der Waals surface area contributed by atoms with Crippen molar-refractivity contribution in [1.82, 2.24) is 5.32 Å². The molecule has 1 heterocycles. The van der Waals surface area contributed by atoms with Crippen LogP contribution < -0.4 is 22.9 Å². The van der Waals surface area contributed by atoms with Crippen LogP contribution in [0.1, 0.15) is 11.3 Å². The van der Waals surface area contributed by atoms with Gasteiger partial charge in [-0.05, 0) is 61.0 Å². The monoisotopic (exact) mass is 459 g/mol. The van der Waals surface area contributed by atoms with Crippen molar-refractivity contribution >= 4 is 33.2 Å². The van der Waals surface area contributed by atoms with Crippen molar-refractivity contribution in [3.63, 3.8) is 0 Å². The summed E-state index contributed by atoms with van der Waals surface area (Å²) in [6, 6.07) is 15.6. The Hall–Kier alpha value is -1.54. The van der Waals surface area contributed by atoms with Crippen molar-refractivity contribution in [3.8, 4) is 11.3 Å². The first-order valence-corrected chi connectivity index (χ1v) is 10.5. The number of hydrogen-bond donors (Lipinski definition) is 2. The van der Waals surface area contributed by atoms with Crippen LogP contribution in [0.5, 0.6) is 0 Å². The molecule has 9 heteroatoms. The number of halogens is 3. The van der Waals surface area contributed by atoms with E-state index in [1.54, 1.807) is 24.3 Å². The van der Waals surface area contributed by atoms with E-state index in [9.17, 15) is 8.42 Å². The molecule has 0 aliphatic carbocycles. The Morgan fingerprint density at radius 3 is 2.36 bits per heavy atom. The number of rotatable bonds is 7. The van der Waals surface area contributed by atoms with E-state index in [4.69, 9.17) is 32.8 Å². The van der Waals surface area contributed by atoms with Gasteiger partial charge in [0.1, 0.15) is 11.5 Å². The Labute approximate surface area is 180 Å². The molecule has 0 aliphatic rings. The van der Waals surface area contributed by atoms with Crippen molar-refractivity contribution in [2.45, 2.75) is 17.9 Å². The zero-order valence-corrected chi connectivity index (χ0v) is 17.7. The standard InChI is InChI=1S/C19H18Cl2N2O3S.ClH/c20-14-3-7-17(18(21)11-14)19-8-4-15(26-19)12-23-10-9-13-1-5-16(6-2-13)27(22,24)25;/h1-8,11,23H,9-10,12H2,(H2,22,24,25);1H/p-1. The minimum Gasteiger partial charge on any atom is -1.00 e. The SMILES string of the molecule is NS(=O)(=O)c1ccc(CCNCc2ccc(-c3ccc(Cl)cc3Cl)o2)cc1.[Cl-]. The molecule has 3 N–H and O–H groups in total. The largest absolute Gasteiger partial charge is 1.00 e. The lowest BCUT2D eigenvalue weighted by Crippen LogP contribution is -3.00. The van der Waals surface area contributed by atoms with Gasteiger partial charge in [-0.25, -0.2) is 13.6 Å². The minimum absolute atomic E-state index is 0. The fraction of sp³-hybridized carbons (Fsp3) is 0.158. The summed E-state index contributed by atoms with van der Waals surface area (Å²) in [5.41, 5.74) is 1.81. The van der Waals surface area contributed by atoms with Gasteiger partial charge >= 0.3 is 0 Å². The van der Waals surface area contributed by atoms with Gasteiger partial charge in [-0.15, -0.1) is 0 Å². The number of sulfonamides is 1. The number of nitrogens with one attached hydrogen (secondary N) is 1. The first-order chi connectivity index (χ1) is 12.8. The highest BCUT2D eigenvalue weighted by atomic mass is 35.5. The summed E-state index contributed by atoms with van der Waals surface area (Å²) < 4.78 is 28.3. The van der Waals surface area contributed by atoms with Gasteiger partial charge in [-0.3, -0.25) is 0 Å². The minimum atomic E-state index is -3.65. The van der Waals surface area contributed by atoms with Gasteiger partial charge in [0.2, 0.25) is 10.0 Å². The van der Waals surface area contributed by atoms with Crippen LogP contribution in [0, 0.1) is 0 Å². The molecular weight excluding hydrogens is 443 g/mol. The molecule has 0 atom stereocenters. The number of nitrogens with two attached hydrogens (primary N) is 1. The van der Waals surface area contributed by atoms with Gasteiger partial charge in [0.25, 0.3) is 0 Å². The first-order valence-electron chi connectivity index (χ1n) is 8.19. The summed E-state index contributed by atoms with van der Waals surface area (Å²) in [7, 11) is -3.65. The van der Waals surface area contributed by atoms with E-state index in [0.717, 1.165) is 23.3 Å². The topological polar surface area (TPSA) is 85.3 Å². The quantitative estimate of drug-likeness (QED) is 0.520. The van der Waals surface area contributed by atoms with Crippen LogP contribution in [0.4, 0.5) is 0 Å². The Kier molecular flexibility index (Phi) is 7.95. The summed E-state index contributed by atoms with van der Waals surface area (Å²) in [5.74, 6) is 1.48. The summed E-state index contributed by atoms with van der Waals surface area (Å²) in [6.45, 7) is 1.28. The highest BCUT2D eigenvalue weighted by Gasteiger charge is 2.09. The third-order valence-electron chi connectivity index (χ3n) is 4.00. The van der Waals surface area contributed by atoms with E-state index in [1.807, 2.05) is 18.2 Å². The molecule has 2 aromatic carbocycles. The summed E-state index contributed by atoms with van der Waals surface area (Å²) >= 11 is 12.1. The maximum Gasteiger partial charge on any atom is 0.238 e. The highest BCUT2D eigenvalue weighted by Crippen LogP contribution is 2.31. The van der Waals surface area contributed by atoms with Crippen LogP contribution >= 0.6 is 23.2 Å². The van der Waals surface area contributed by atoms with E-state index in [1.165, 1.54) is 12.1 Å². The summed E-state index contributed by atoms with van der Waals surface area (Å²) in [6.07, 6.45) is 0.751.